The molecule has 21 heavy (non-hydrogen) atoms. The summed E-state index contributed by atoms with van der Waals surface area (Å²) in [5.41, 5.74) is 2.77. The van der Waals surface area contributed by atoms with Crippen LogP contribution >= 0.6 is 0 Å². The van der Waals surface area contributed by atoms with Crippen molar-refractivity contribution in [1.29, 1.82) is 0 Å². The lowest BCUT2D eigenvalue weighted by Crippen LogP contribution is -2.26. The molecule has 1 N–H and O–H groups in total. The third kappa shape index (κ3) is 3.70. The second kappa shape index (κ2) is 7.04. The van der Waals surface area contributed by atoms with Crippen LogP contribution in [0.15, 0.2) is 60.7 Å². The summed E-state index contributed by atoms with van der Waals surface area (Å²) in [5, 5.41) is 0. The van der Waals surface area contributed by atoms with Crippen LogP contribution in [0.4, 0.5) is 0 Å². The van der Waals surface area contributed by atoms with E-state index >= 15 is 0 Å². The number of rotatable bonds is 4. The topological polar surface area (TPSA) is 36.2 Å². The fourth-order valence-corrected chi connectivity index (χ4v) is 2.76. The number of nitrogens with zero attached hydrogens (tertiary/aromatic N) is 2. The smallest absolute Gasteiger partial charge is 0.244 e. The van der Waals surface area contributed by atoms with Gasteiger partial charge in [0.1, 0.15) is 26.2 Å². The van der Waals surface area contributed by atoms with Gasteiger partial charge in [-0.2, -0.15) is 0 Å². The lowest BCUT2D eigenvalue weighted by molar-refractivity contribution is -0.534. The highest BCUT2D eigenvalue weighted by molar-refractivity contribution is 5.75. The molecule has 0 aromatic heterocycles. The van der Waals surface area contributed by atoms with Crippen LogP contribution in [-0.4, -0.2) is 33.9 Å². The first-order valence-corrected chi connectivity index (χ1v) is 7.24. The molecule has 0 saturated heterocycles. The number of amidine groups is 1. The molecule has 1 heterocycles. The average molecular weight is 282 g/mol. The van der Waals surface area contributed by atoms with Gasteiger partial charge in [0.2, 0.25) is 5.84 Å². The summed E-state index contributed by atoms with van der Waals surface area (Å²) < 4.78 is 2.47. The Morgan fingerprint density at radius 1 is 0.905 bits per heavy atom. The third-order valence-electron chi connectivity index (χ3n) is 3.99. The van der Waals surface area contributed by atoms with Gasteiger partial charge in [0.05, 0.1) is 0 Å². The van der Waals surface area contributed by atoms with Crippen molar-refractivity contribution in [1.82, 2.24) is 4.90 Å². The molecule has 0 radical (unpaired) electrons. The van der Waals surface area contributed by atoms with Gasteiger partial charge in [-0.25, -0.2) is 0 Å². The van der Waals surface area contributed by atoms with Crippen molar-refractivity contribution in [3.63, 3.8) is 0 Å². The minimum atomic E-state index is 0. The van der Waals surface area contributed by atoms with Crippen LogP contribution in [0.5, 0.6) is 0 Å². The van der Waals surface area contributed by atoms with Crippen molar-refractivity contribution >= 4 is 5.84 Å². The molecule has 0 saturated carbocycles. The van der Waals surface area contributed by atoms with E-state index in [2.05, 4.69) is 77.1 Å². The van der Waals surface area contributed by atoms with Crippen molar-refractivity contribution in [2.75, 3.05) is 13.1 Å². The number of hydrogen-bond donors (Lipinski definition) is 0. The van der Waals surface area contributed by atoms with Crippen molar-refractivity contribution < 1.29 is 10.1 Å². The maximum Gasteiger partial charge on any atom is 0.244 e. The Kier molecular flexibility index (Phi) is 5.12. The Labute approximate surface area is 126 Å². The fourth-order valence-electron chi connectivity index (χ4n) is 2.76. The summed E-state index contributed by atoms with van der Waals surface area (Å²) in [6, 6.07) is 21.4. The lowest BCUT2D eigenvalue weighted by atomic mass is 10.2. The number of benzene rings is 2. The molecule has 0 spiro atoms. The zero-order valence-corrected chi connectivity index (χ0v) is 12.4. The van der Waals surface area contributed by atoms with Gasteiger partial charge in [-0.05, 0) is 11.1 Å². The van der Waals surface area contributed by atoms with Gasteiger partial charge < -0.3 is 5.48 Å². The normalized spacial score (nSPS) is 14.2. The predicted molar refractivity (Wildman–Crippen MR) is 84.7 cm³/mol. The molecule has 0 aliphatic carbocycles. The quantitative estimate of drug-likeness (QED) is 0.808. The molecule has 0 bridgehead atoms. The second-order valence-electron chi connectivity index (χ2n) is 5.36. The van der Waals surface area contributed by atoms with Crippen molar-refractivity contribution in [2.24, 2.45) is 0 Å². The molecule has 0 amide bonds. The Hall–Kier alpha value is -2.13. The Morgan fingerprint density at radius 3 is 2.10 bits per heavy atom. The van der Waals surface area contributed by atoms with E-state index in [1.807, 2.05) is 0 Å². The van der Waals surface area contributed by atoms with Gasteiger partial charge in [0.15, 0.2) is 0 Å². The van der Waals surface area contributed by atoms with Gasteiger partial charge in [-0.3, -0.25) is 9.48 Å². The summed E-state index contributed by atoms with van der Waals surface area (Å²) in [6.07, 6.45) is 0. The first kappa shape index (κ1) is 15.3. The van der Waals surface area contributed by atoms with Gasteiger partial charge in [-0.1, -0.05) is 60.7 Å². The van der Waals surface area contributed by atoms with E-state index in [4.69, 9.17) is 0 Å². The summed E-state index contributed by atoms with van der Waals surface area (Å²) >= 11 is 0. The van der Waals surface area contributed by atoms with Crippen LogP contribution in [0, 0.1) is 0 Å². The molecule has 1 aliphatic heterocycles. The van der Waals surface area contributed by atoms with Gasteiger partial charge >= 0.3 is 0 Å². The zero-order valence-electron chi connectivity index (χ0n) is 12.4. The van der Waals surface area contributed by atoms with Crippen LogP contribution < -0.4 is 0 Å². The van der Waals surface area contributed by atoms with E-state index in [9.17, 15) is 0 Å². The number of hydrogen-bond acceptors (Lipinski definition) is 2. The predicted octanol–water partition coefficient (Wildman–Crippen LogP) is 2.96. The minimum Gasteiger partial charge on any atom is -0.870 e. The molecule has 3 rings (SSSR count). The van der Waals surface area contributed by atoms with Crippen LogP contribution in [0.1, 0.15) is 18.1 Å². The van der Waals surface area contributed by atoms with Gasteiger partial charge in [0, 0.05) is 6.92 Å². The summed E-state index contributed by atoms with van der Waals surface area (Å²) in [4.78, 5) is 2.47. The first-order chi connectivity index (χ1) is 9.83. The van der Waals surface area contributed by atoms with Crippen LogP contribution in [0.2, 0.25) is 0 Å². The van der Waals surface area contributed by atoms with Crippen molar-refractivity contribution in [3.8, 4) is 0 Å². The Morgan fingerprint density at radius 2 is 1.48 bits per heavy atom. The molecule has 3 nitrogen and oxygen atoms in total. The fraction of sp³-hybridized carbons (Fsp3) is 0.278. The van der Waals surface area contributed by atoms with Crippen molar-refractivity contribution in [2.45, 2.75) is 20.0 Å². The summed E-state index contributed by atoms with van der Waals surface area (Å²) in [7, 11) is 0. The van der Waals surface area contributed by atoms with Crippen LogP contribution in [0.25, 0.3) is 0 Å². The molecule has 1 aliphatic rings. The van der Waals surface area contributed by atoms with Crippen molar-refractivity contribution in [3.05, 3.63) is 71.8 Å². The highest BCUT2D eigenvalue weighted by atomic mass is 16.0. The maximum atomic E-state index is 2.47. The molecule has 110 valence electrons. The van der Waals surface area contributed by atoms with E-state index in [0.717, 1.165) is 26.2 Å². The first-order valence-electron chi connectivity index (χ1n) is 7.24. The van der Waals surface area contributed by atoms with E-state index < -0.39 is 0 Å². The van der Waals surface area contributed by atoms with E-state index in [1.54, 1.807) is 0 Å². The van der Waals surface area contributed by atoms with Crippen LogP contribution in [-0.2, 0) is 13.1 Å². The Bertz CT molecular complexity index is 593. The maximum absolute atomic E-state index is 2.47. The third-order valence-corrected chi connectivity index (χ3v) is 3.99. The molecule has 0 atom stereocenters. The molecule has 3 heteroatoms. The molecule has 0 unspecified atom stereocenters. The zero-order chi connectivity index (χ0) is 13.8. The van der Waals surface area contributed by atoms with Crippen LogP contribution in [0.3, 0.4) is 0 Å². The molecular weight excluding hydrogens is 260 g/mol. The SMILES string of the molecule is CC1=[N+](Cc2ccccc2)CCN1Cc1ccccc1.[OH-]. The highest BCUT2D eigenvalue weighted by Gasteiger charge is 2.26. The summed E-state index contributed by atoms with van der Waals surface area (Å²) in [6.45, 7) is 6.50. The monoisotopic (exact) mass is 282 g/mol. The average Bonchev–Trinajstić information content (AvgIpc) is 2.83. The van der Waals surface area contributed by atoms with Gasteiger partial charge in [-0.15, -0.1) is 0 Å². The minimum absolute atomic E-state index is 0. The van der Waals surface area contributed by atoms with E-state index in [-0.39, 0.29) is 5.48 Å². The second-order valence-corrected chi connectivity index (χ2v) is 5.36. The summed E-state index contributed by atoms with van der Waals surface area (Å²) in [5.74, 6) is 1.39. The molecule has 2 aromatic carbocycles. The van der Waals surface area contributed by atoms with E-state index in [1.165, 1.54) is 17.0 Å². The van der Waals surface area contributed by atoms with Gasteiger partial charge in [0.25, 0.3) is 0 Å². The van der Waals surface area contributed by atoms with E-state index in [0.29, 0.717) is 0 Å². The standard InChI is InChI=1S/C18H21N2.H2O/c1-16-19(14-17-8-4-2-5-9-17)12-13-20(16)15-18-10-6-3-7-11-18;/h2-11H,12-15H2,1H3;1H2/q+1;/p-1. The lowest BCUT2D eigenvalue weighted by Gasteiger charge is -2.10. The Balaban J connectivity index is 0.00000161. The molecular formula is C18H22N2O. The molecule has 2 aromatic rings. The highest BCUT2D eigenvalue weighted by Crippen LogP contribution is 2.11. The molecule has 0 fully saturated rings. The largest absolute Gasteiger partial charge is 0.870 e.